The molecule has 0 spiro atoms. The van der Waals surface area contributed by atoms with Gasteiger partial charge in [0.05, 0.1) is 18.5 Å². The van der Waals surface area contributed by atoms with Crippen molar-refractivity contribution in [2.75, 3.05) is 32.0 Å². The second-order valence-corrected chi connectivity index (χ2v) is 6.32. The lowest BCUT2D eigenvalue weighted by atomic mass is 10.3. The molecule has 0 aromatic carbocycles. The van der Waals surface area contributed by atoms with Crippen LogP contribution >= 0.6 is 0 Å². The van der Waals surface area contributed by atoms with Crippen molar-refractivity contribution in [2.24, 2.45) is 11.7 Å². The molecule has 1 aliphatic carbocycles. The molecule has 88 valence electrons. The highest BCUT2D eigenvalue weighted by atomic mass is 32.2. The van der Waals surface area contributed by atoms with Gasteiger partial charge in [0.15, 0.2) is 0 Å². The van der Waals surface area contributed by atoms with Gasteiger partial charge in [0.2, 0.25) is 10.0 Å². The number of rotatable bonds is 4. The van der Waals surface area contributed by atoms with Crippen LogP contribution in [0.5, 0.6) is 0 Å². The predicted octanol–water partition coefficient (Wildman–Crippen LogP) is -0.614. The molecule has 0 aromatic heterocycles. The minimum Gasteiger partial charge on any atom is -0.374 e. The van der Waals surface area contributed by atoms with Gasteiger partial charge in [-0.1, -0.05) is 0 Å². The highest BCUT2D eigenvalue weighted by molar-refractivity contribution is 7.89. The Balaban J connectivity index is 1.95. The molecule has 1 aliphatic heterocycles. The third-order valence-electron chi connectivity index (χ3n) is 2.90. The van der Waals surface area contributed by atoms with Gasteiger partial charge in [-0.15, -0.1) is 0 Å². The van der Waals surface area contributed by atoms with Crippen LogP contribution in [0.4, 0.5) is 0 Å². The van der Waals surface area contributed by atoms with Gasteiger partial charge in [0.1, 0.15) is 0 Å². The number of hydrogen-bond acceptors (Lipinski definition) is 4. The van der Waals surface area contributed by atoms with Crippen molar-refractivity contribution < 1.29 is 13.2 Å². The normalized spacial score (nSPS) is 29.3. The molecule has 0 radical (unpaired) electrons. The fourth-order valence-electron chi connectivity index (χ4n) is 1.78. The van der Waals surface area contributed by atoms with E-state index >= 15 is 0 Å². The molecule has 0 bridgehead atoms. The standard InChI is InChI=1S/C9H18N2O3S/c10-5-9-6-11(3-4-14-9)15(12,13)7-8-1-2-8/h8-9H,1-7,10H2. The number of ether oxygens (including phenoxy) is 1. The van der Waals surface area contributed by atoms with E-state index in [1.165, 1.54) is 4.31 Å². The maximum absolute atomic E-state index is 11.9. The molecule has 0 amide bonds. The smallest absolute Gasteiger partial charge is 0.214 e. The minimum absolute atomic E-state index is 0.132. The Bertz CT molecular complexity index is 313. The van der Waals surface area contributed by atoms with Crippen molar-refractivity contribution in [1.29, 1.82) is 0 Å². The van der Waals surface area contributed by atoms with Crippen LogP contribution in [0.3, 0.4) is 0 Å². The first kappa shape index (κ1) is 11.3. The van der Waals surface area contributed by atoms with E-state index < -0.39 is 10.0 Å². The highest BCUT2D eigenvalue weighted by Crippen LogP contribution is 2.31. The van der Waals surface area contributed by atoms with E-state index in [0.717, 1.165) is 12.8 Å². The molecule has 1 atom stereocenters. The second kappa shape index (κ2) is 4.37. The molecule has 0 aromatic rings. The summed E-state index contributed by atoms with van der Waals surface area (Å²) in [5, 5.41) is 0. The molecule has 1 unspecified atom stereocenters. The van der Waals surface area contributed by atoms with Gasteiger partial charge in [0, 0.05) is 19.6 Å². The Morgan fingerprint density at radius 1 is 1.40 bits per heavy atom. The molecule has 2 rings (SSSR count). The van der Waals surface area contributed by atoms with Crippen molar-refractivity contribution in [2.45, 2.75) is 18.9 Å². The first-order chi connectivity index (χ1) is 7.12. The first-order valence-electron chi connectivity index (χ1n) is 5.41. The van der Waals surface area contributed by atoms with Crippen molar-refractivity contribution in [1.82, 2.24) is 4.31 Å². The van der Waals surface area contributed by atoms with Crippen molar-refractivity contribution in [3.05, 3.63) is 0 Å². The van der Waals surface area contributed by atoms with E-state index in [4.69, 9.17) is 10.5 Å². The summed E-state index contributed by atoms with van der Waals surface area (Å²) >= 11 is 0. The van der Waals surface area contributed by atoms with Crippen LogP contribution in [0.1, 0.15) is 12.8 Å². The lowest BCUT2D eigenvalue weighted by Gasteiger charge is -2.31. The molecule has 5 nitrogen and oxygen atoms in total. The molecular formula is C9H18N2O3S. The van der Waals surface area contributed by atoms with Crippen LogP contribution in [0.25, 0.3) is 0 Å². The zero-order valence-electron chi connectivity index (χ0n) is 8.76. The van der Waals surface area contributed by atoms with E-state index in [2.05, 4.69) is 0 Å². The van der Waals surface area contributed by atoms with Crippen LogP contribution in [-0.2, 0) is 14.8 Å². The van der Waals surface area contributed by atoms with Crippen molar-refractivity contribution in [3.8, 4) is 0 Å². The van der Waals surface area contributed by atoms with Crippen molar-refractivity contribution >= 4 is 10.0 Å². The Morgan fingerprint density at radius 2 is 2.13 bits per heavy atom. The van der Waals surface area contributed by atoms with Crippen LogP contribution in [-0.4, -0.2) is 50.8 Å². The van der Waals surface area contributed by atoms with Gasteiger partial charge in [-0.05, 0) is 18.8 Å². The summed E-state index contributed by atoms with van der Waals surface area (Å²) < 4.78 is 30.7. The van der Waals surface area contributed by atoms with Crippen LogP contribution in [0.15, 0.2) is 0 Å². The molecule has 2 N–H and O–H groups in total. The highest BCUT2D eigenvalue weighted by Gasteiger charge is 2.34. The fraction of sp³-hybridized carbons (Fsp3) is 1.00. The van der Waals surface area contributed by atoms with E-state index in [1.807, 2.05) is 0 Å². The predicted molar refractivity (Wildman–Crippen MR) is 56.9 cm³/mol. The summed E-state index contributed by atoms with van der Waals surface area (Å²) in [6.45, 7) is 1.75. The summed E-state index contributed by atoms with van der Waals surface area (Å²) in [6, 6.07) is 0. The van der Waals surface area contributed by atoms with E-state index in [0.29, 0.717) is 37.9 Å². The Hall–Kier alpha value is -0.170. The monoisotopic (exact) mass is 234 g/mol. The molecule has 1 saturated carbocycles. The molecule has 1 saturated heterocycles. The Kier molecular flexibility index (Phi) is 3.30. The van der Waals surface area contributed by atoms with Gasteiger partial charge in [-0.2, -0.15) is 4.31 Å². The number of morpholine rings is 1. The number of nitrogens with zero attached hydrogens (tertiary/aromatic N) is 1. The van der Waals surface area contributed by atoms with Gasteiger partial charge in [-0.25, -0.2) is 8.42 Å². The average Bonchev–Trinajstić information content (AvgIpc) is 3.01. The SMILES string of the molecule is NCC1CN(S(=O)(=O)CC2CC2)CCO1. The van der Waals surface area contributed by atoms with E-state index in [-0.39, 0.29) is 6.10 Å². The Labute approximate surface area is 90.6 Å². The number of nitrogens with two attached hydrogens (primary N) is 1. The third-order valence-corrected chi connectivity index (χ3v) is 4.91. The van der Waals surface area contributed by atoms with Gasteiger partial charge >= 0.3 is 0 Å². The van der Waals surface area contributed by atoms with Gasteiger partial charge in [0.25, 0.3) is 0 Å². The van der Waals surface area contributed by atoms with Crippen LogP contribution < -0.4 is 5.73 Å². The van der Waals surface area contributed by atoms with Crippen molar-refractivity contribution in [3.63, 3.8) is 0 Å². The zero-order valence-corrected chi connectivity index (χ0v) is 9.58. The molecule has 15 heavy (non-hydrogen) atoms. The lowest BCUT2D eigenvalue weighted by Crippen LogP contribution is -2.48. The lowest BCUT2D eigenvalue weighted by molar-refractivity contribution is 0.00449. The third kappa shape index (κ3) is 2.90. The van der Waals surface area contributed by atoms with Crippen LogP contribution in [0, 0.1) is 5.92 Å². The van der Waals surface area contributed by atoms with Gasteiger partial charge < -0.3 is 10.5 Å². The summed E-state index contributed by atoms with van der Waals surface area (Å²) in [4.78, 5) is 0. The molecule has 1 heterocycles. The second-order valence-electron chi connectivity index (χ2n) is 4.31. The topological polar surface area (TPSA) is 72.6 Å². The first-order valence-corrected chi connectivity index (χ1v) is 7.02. The summed E-state index contributed by atoms with van der Waals surface area (Å²) in [7, 11) is -3.07. The molecule has 2 aliphatic rings. The Morgan fingerprint density at radius 3 is 2.73 bits per heavy atom. The minimum atomic E-state index is -3.07. The molecule has 2 fully saturated rings. The summed E-state index contributed by atoms with van der Waals surface area (Å²) in [5.74, 6) is 0.707. The summed E-state index contributed by atoms with van der Waals surface area (Å²) in [5.41, 5.74) is 5.48. The molecule has 6 heteroatoms. The quantitative estimate of drug-likeness (QED) is 0.704. The largest absolute Gasteiger partial charge is 0.374 e. The maximum atomic E-state index is 11.9. The average molecular weight is 234 g/mol. The zero-order chi connectivity index (χ0) is 10.9. The number of hydrogen-bond donors (Lipinski definition) is 1. The van der Waals surface area contributed by atoms with E-state index in [9.17, 15) is 8.42 Å². The van der Waals surface area contributed by atoms with E-state index in [1.54, 1.807) is 0 Å². The van der Waals surface area contributed by atoms with Crippen LogP contribution in [0.2, 0.25) is 0 Å². The fourth-order valence-corrected chi connectivity index (χ4v) is 3.66. The number of sulfonamides is 1. The molecular weight excluding hydrogens is 216 g/mol. The summed E-state index contributed by atoms with van der Waals surface area (Å²) in [6.07, 6.45) is 1.99. The maximum Gasteiger partial charge on any atom is 0.214 e. The van der Waals surface area contributed by atoms with Gasteiger partial charge in [-0.3, -0.25) is 0 Å².